The van der Waals surface area contributed by atoms with Gasteiger partial charge in [-0.05, 0) is 25.0 Å². The summed E-state index contributed by atoms with van der Waals surface area (Å²) in [5.74, 6) is 0. The van der Waals surface area contributed by atoms with Crippen LogP contribution >= 0.6 is 0 Å². The Labute approximate surface area is 111 Å². The Morgan fingerprint density at radius 2 is 1.72 bits per heavy atom. The van der Waals surface area contributed by atoms with Gasteiger partial charge >= 0.3 is 0 Å². The Balaban J connectivity index is 2.44. The topological polar surface area (TPSA) is 46.2 Å². The molecule has 0 bridgehead atoms. The van der Waals surface area contributed by atoms with Gasteiger partial charge < -0.3 is 0 Å². The van der Waals surface area contributed by atoms with Gasteiger partial charge in [0.25, 0.3) is 0 Å². The number of hydrogen-bond acceptors (Lipinski definition) is 2. The van der Waals surface area contributed by atoms with Gasteiger partial charge in [-0.3, -0.25) is 0 Å². The Morgan fingerprint density at radius 3 is 2.39 bits per heavy atom. The molecule has 0 saturated carbocycles. The molecule has 0 saturated heterocycles. The maximum absolute atomic E-state index is 12.0. The maximum Gasteiger partial charge on any atom is 0.240 e. The van der Waals surface area contributed by atoms with Crippen LogP contribution in [-0.2, 0) is 10.0 Å². The third kappa shape index (κ3) is 4.78. The van der Waals surface area contributed by atoms with E-state index in [0.29, 0.717) is 11.4 Å². The highest BCUT2D eigenvalue weighted by Gasteiger charge is 2.14. The van der Waals surface area contributed by atoms with Crippen molar-refractivity contribution in [3.63, 3.8) is 0 Å². The van der Waals surface area contributed by atoms with Crippen molar-refractivity contribution in [3.05, 3.63) is 29.8 Å². The molecule has 18 heavy (non-hydrogen) atoms. The van der Waals surface area contributed by atoms with Crippen molar-refractivity contribution in [2.45, 2.75) is 50.8 Å². The lowest BCUT2D eigenvalue weighted by molar-refractivity contribution is 0.570. The molecule has 4 heteroatoms. The van der Waals surface area contributed by atoms with Gasteiger partial charge in [-0.15, -0.1) is 0 Å². The number of sulfonamides is 1. The Hall–Kier alpha value is -0.870. The van der Waals surface area contributed by atoms with Crippen LogP contribution < -0.4 is 4.72 Å². The predicted octanol–water partition coefficient (Wildman–Crippen LogP) is 3.24. The van der Waals surface area contributed by atoms with Crippen molar-refractivity contribution in [2.75, 3.05) is 6.54 Å². The number of unbranched alkanes of at least 4 members (excludes halogenated alkanes) is 4. The zero-order valence-electron chi connectivity index (χ0n) is 11.3. The van der Waals surface area contributed by atoms with Crippen LogP contribution in [0.15, 0.2) is 29.2 Å². The molecule has 0 spiro atoms. The van der Waals surface area contributed by atoms with E-state index < -0.39 is 10.0 Å². The zero-order valence-corrected chi connectivity index (χ0v) is 12.1. The molecule has 0 aliphatic rings. The summed E-state index contributed by atoms with van der Waals surface area (Å²) in [5.41, 5.74) is 0.788. The average Bonchev–Trinajstić information content (AvgIpc) is 2.34. The summed E-state index contributed by atoms with van der Waals surface area (Å²) < 4.78 is 26.7. The van der Waals surface area contributed by atoms with Crippen molar-refractivity contribution in [1.82, 2.24) is 4.72 Å². The summed E-state index contributed by atoms with van der Waals surface area (Å²) in [7, 11) is -3.33. The number of benzene rings is 1. The van der Waals surface area contributed by atoms with Crippen LogP contribution in [0, 0.1) is 6.92 Å². The molecular formula is C14H23NO2S. The van der Waals surface area contributed by atoms with Crippen LogP contribution in [0.5, 0.6) is 0 Å². The highest BCUT2D eigenvalue weighted by atomic mass is 32.2. The van der Waals surface area contributed by atoms with Crippen molar-refractivity contribution in [1.29, 1.82) is 0 Å². The van der Waals surface area contributed by atoms with Crippen molar-refractivity contribution < 1.29 is 8.42 Å². The quantitative estimate of drug-likeness (QED) is 0.736. The minimum atomic E-state index is -3.33. The molecule has 0 fully saturated rings. The smallest absolute Gasteiger partial charge is 0.211 e. The van der Waals surface area contributed by atoms with E-state index in [-0.39, 0.29) is 0 Å². The van der Waals surface area contributed by atoms with Gasteiger partial charge in [0.1, 0.15) is 0 Å². The number of nitrogens with one attached hydrogen (secondary N) is 1. The lowest BCUT2D eigenvalue weighted by Crippen LogP contribution is -2.25. The van der Waals surface area contributed by atoms with Crippen LogP contribution in [0.25, 0.3) is 0 Å². The number of hydrogen-bond donors (Lipinski definition) is 1. The molecule has 0 heterocycles. The van der Waals surface area contributed by atoms with Gasteiger partial charge in [0, 0.05) is 6.54 Å². The van der Waals surface area contributed by atoms with Crippen molar-refractivity contribution >= 4 is 10.0 Å². The molecule has 102 valence electrons. The van der Waals surface area contributed by atoms with Crippen LogP contribution in [0.4, 0.5) is 0 Å². The van der Waals surface area contributed by atoms with E-state index in [2.05, 4.69) is 11.6 Å². The SMILES string of the molecule is CCCCCCCNS(=O)(=O)c1ccccc1C. The van der Waals surface area contributed by atoms with E-state index in [1.807, 2.05) is 19.1 Å². The van der Waals surface area contributed by atoms with E-state index in [9.17, 15) is 8.42 Å². The second-order valence-electron chi connectivity index (χ2n) is 4.58. The van der Waals surface area contributed by atoms with E-state index in [0.717, 1.165) is 18.4 Å². The molecule has 0 amide bonds. The summed E-state index contributed by atoms with van der Waals surface area (Å²) in [6.45, 7) is 4.51. The molecule has 0 aromatic heterocycles. The van der Waals surface area contributed by atoms with Crippen LogP contribution in [-0.4, -0.2) is 15.0 Å². The fourth-order valence-corrected chi connectivity index (χ4v) is 3.19. The first-order valence-corrected chi connectivity index (χ1v) is 8.11. The first-order chi connectivity index (χ1) is 8.58. The summed E-state index contributed by atoms with van der Waals surface area (Å²) in [5, 5.41) is 0. The lowest BCUT2D eigenvalue weighted by atomic mass is 10.2. The van der Waals surface area contributed by atoms with Crippen LogP contribution in [0.2, 0.25) is 0 Å². The second kappa shape index (κ2) is 7.54. The minimum Gasteiger partial charge on any atom is -0.211 e. The molecule has 0 radical (unpaired) electrons. The second-order valence-corrected chi connectivity index (χ2v) is 6.31. The number of rotatable bonds is 8. The highest BCUT2D eigenvalue weighted by Crippen LogP contribution is 2.13. The normalized spacial score (nSPS) is 11.7. The summed E-state index contributed by atoms with van der Waals surface area (Å²) in [4.78, 5) is 0.388. The van der Waals surface area contributed by atoms with Gasteiger partial charge in [0.15, 0.2) is 0 Å². The fraction of sp³-hybridized carbons (Fsp3) is 0.571. The molecule has 0 unspecified atom stereocenters. The maximum atomic E-state index is 12.0. The first-order valence-electron chi connectivity index (χ1n) is 6.63. The molecule has 1 aromatic rings. The van der Waals surface area contributed by atoms with E-state index in [1.54, 1.807) is 12.1 Å². The molecular weight excluding hydrogens is 246 g/mol. The first kappa shape index (κ1) is 15.2. The summed E-state index contributed by atoms with van der Waals surface area (Å²) >= 11 is 0. The Kier molecular flexibility index (Phi) is 6.36. The van der Waals surface area contributed by atoms with E-state index in [4.69, 9.17) is 0 Å². The van der Waals surface area contributed by atoms with E-state index >= 15 is 0 Å². The van der Waals surface area contributed by atoms with Crippen molar-refractivity contribution in [3.8, 4) is 0 Å². The van der Waals surface area contributed by atoms with Gasteiger partial charge in [0.05, 0.1) is 4.90 Å². The molecule has 0 aliphatic carbocycles. The third-order valence-corrected chi connectivity index (χ3v) is 4.58. The Bertz CT molecular complexity index is 455. The molecule has 1 aromatic carbocycles. The fourth-order valence-electron chi connectivity index (χ4n) is 1.87. The Morgan fingerprint density at radius 1 is 1.06 bits per heavy atom. The largest absolute Gasteiger partial charge is 0.240 e. The summed E-state index contributed by atoms with van der Waals surface area (Å²) in [6.07, 6.45) is 5.61. The molecule has 0 atom stereocenters. The standard InChI is InChI=1S/C14H23NO2S/c1-3-4-5-6-9-12-15-18(16,17)14-11-8-7-10-13(14)2/h7-8,10-11,15H,3-6,9,12H2,1-2H3. The molecule has 1 N–H and O–H groups in total. The number of aryl methyl sites for hydroxylation is 1. The molecule has 1 rings (SSSR count). The monoisotopic (exact) mass is 269 g/mol. The molecule has 3 nitrogen and oxygen atoms in total. The van der Waals surface area contributed by atoms with Gasteiger partial charge in [-0.2, -0.15) is 0 Å². The lowest BCUT2D eigenvalue weighted by Gasteiger charge is -2.08. The van der Waals surface area contributed by atoms with Gasteiger partial charge in [-0.1, -0.05) is 50.8 Å². The molecule has 0 aliphatic heterocycles. The van der Waals surface area contributed by atoms with Gasteiger partial charge in [-0.25, -0.2) is 13.1 Å². The summed E-state index contributed by atoms with van der Waals surface area (Å²) in [6, 6.07) is 7.06. The minimum absolute atomic E-state index is 0.388. The predicted molar refractivity (Wildman–Crippen MR) is 75.1 cm³/mol. The highest BCUT2D eigenvalue weighted by molar-refractivity contribution is 7.89. The van der Waals surface area contributed by atoms with Gasteiger partial charge in [0.2, 0.25) is 10.0 Å². The zero-order chi connectivity index (χ0) is 13.4. The van der Waals surface area contributed by atoms with Crippen LogP contribution in [0.1, 0.15) is 44.6 Å². The van der Waals surface area contributed by atoms with Crippen molar-refractivity contribution in [2.24, 2.45) is 0 Å². The average molecular weight is 269 g/mol. The van der Waals surface area contributed by atoms with Crippen LogP contribution in [0.3, 0.4) is 0 Å². The third-order valence-electron chi connectivity index (χ3n) is 2.96. The van der Waals surface area contributed by atoms with E-state index in [1.165, 1.54) is 19.3 Å².